The Kier molecular flexibility index (Phi) is 14.0. The van der Waals surface area contributed by atoms with E-state index in [2.05, 4.69) is 58.4 Å². The Morgan fingerprint density at radius 1 is 0.875 bits per heavy atom. The molecule has 0 bridgehead atoms. The Morgan fingerprint density at radius 2 is 1.12 bits per heavy atom. The molecule has 0 unspecified atom stereocenters. The molecule has 0 heterocycles. The van der Waals surface area contributed by atoms with Gasteiger partial charge in [0.05, 0.1) is 0 Å². The SMILES string of the molecule is C#CCOC(=O)C(C)(C)Br.CC(C)(Br)C(=O)O.CC(C)(Br)C(=O)O. The molecule has 0 amide bonds. The van der Waals surface area contributed by atoms with Crippen LogP contribution >= 0.6 is 47.8 Å². The van der Waals surface area contributed by atoms with Crippen molar-refractivity contribution in [1.29, 1.82) is 0 Å². The Hall–Kier alpha value is -0.590. The first-order chi connectivity index (χ1) is 10.4. The van der Waals surface area contributed by atoms with E-state index in [1.165, 1.54) is 0 Å². The lowest BCUT2D eigenvalue weighted by Crippen LogP contribution is -2.26. The molecule has 0 aromatic carbocycles. The van der Waals surface area contributed by atoms with Crippen LogP contribution in [0, 0.1) is 12.3 Å². The summed E-state index contributed by atoms with van der Waals surface area (Å²) in [5, 5.41) is 16.4. The number of ether oxygens (including phenoxy) is 1. The van der Waals surface area contributed by atoms with Gasteiger partial charge in [0.25, 0.3) is 0 Å². The standard InChI is InChI=1S/C7H9BrO2.2C4H7BrO2/c1-4-5-10-6(9)7(2,3)8;2*1-4(2,5)3(6)7/h1H,5H2,2-3H3;2*1-2H3,(H,6,7). The minimum Gasteiger partial charge on any atom is -0.480 e. The van der Waals surface area contributed by atoms with Crippen molar-refractivity contribution < 1.29 is 29.3 Å². The van der Waals surface area contributed by atoms with Crippen LogP contribution in [0.4, 0.5) is 0 Å². The Bertz CT molecular complexity index is 438. The number of carboxylic acid groups (broad SMARTS) is 2. The first-order valence-corrected chi connectivity index (χ1v) is 8.89. The van der Waals surface area contributed by atoms with Gasteiger partial charge in [0.15, 0.2) is 6.61 Å². The van der Waals surface area contributed by atoms with Gasteiger partial charge in [-0.05, 0) is 41.5 Å². The zero-order valence-corrected chi connectivity index (χ0v) is 19.2. The van der Waals surface area contributed by atoms with Gasteiger partial charge in [-0.3, -0.25) is 14.4 Å². The highest BCUT2D eigenvalue weighted by molar-refractivity contribution is 9.10. The van der Waals surface area contributed by atoms with Crippen LogP contribution < -0.4 is 0 Å². The number of carbonyl (C=O) groups excluding carboxylic acids is 1. The fourth-order valence-electron chi connectivity index (χ4n) is 0.279. The number of esters is 1. The van der Waals surface area contributed by atoms with Gasteiger partial charge in [0, 0.05) is 0 Å². The van der Waals surface area contributed by atoms with Crippen LogP contribution in [0.2, 0.25) is 0 Å². The predicted octanol–water partition coefficient (Wildman–Crippen LogP) is 3.83. The lowest BCUT2D eigenvalue weighted by Gasteiger charge is -2.12. The van der Waals surface area contributed by atoms with E-state index in [1.807, 2.05) is 0 Å². The second kappa shape index (κ2) is 11.9. The summed E-state index contributed by atoms with van der Waals surface area (Å²) in [5.41, 5.74) is 0. The molecule has 24 heavy (non-hydrogen) atoms. The van der Waals surface area contributed by atoms with E-state index in [0.717, 1.165) is 0 Å². The average Bonchev–Trinajstić information content (AvgIpc) is 2.33. The molecule has 2 N–H and O–H groups in total. The molecule has 0 spiro atoms. The smallest absolute Gasteiger partial charge is 0.323 e. The van der Waals surface area contributed by atoms with Crippen LogP contribution in [0.3, 0.4) is 0 Å². The molecule has 0 aliphatic carbocycles. The number of carboxylic acids is 2. The van der Waals surface area contributed by atoms with Crippen molar-refractivity contribution in [2.45, 2.75) is 54.5 Å². The van der Waals surface area contributed by atoms with Crippen molar-refractivity contribution in [1.82, 2.24) is 0 Å². The number of halogens is 3. The van der Waals surface area contributed by atoms with Gasteiger partial charge in [-0.1, -0.05) is 53.7 Å². The molecule has 0 aliphatic rings. The second-order valence-corrected chi connectivity index (χ2v) is 11.8. The van der Waals surface area contributed by atoms with E-state index in [4.69, 9.17) is 16.6 Å². The summed E-state index contributed by atoms with van der Waals surface area (Å²) in [6.45, 7) is 9.75. The van der Waals surface area contributed by atoms with Crippen LogP contribution in [0.1, 0.15) is 41.5 Å². The number of alkyl halides is 3. The first kappa shape index (κ1) is 28.2. The van der Waals surface area contributed by atoms with Crippen molar-refractivity contribution in [3.05, 3.63) is 0 Å². The summed E-state index contributed by atoms with van der Waals surface area (Å²) >= 11 is 9.02. The van der Waals surface area contributed by atoms with E-state index < -0.39 is 24.9 Å². The first-order valence-electron chi connectivity index (χ1n) is 6.51. The van der Waals surface area contributed by atoms with Gasteiger partial charge < -0.3 is 14.9 Å². The monoisotopic (exact) mass is 536 g/mol. The molecule has 0 aliphatic heterocycles. The lowest BCUT2D eigenvalue weighted by atomic mass is 10.2. The number of hydrogen-bond acceptors (Lipinski definition) is 4. The fourth-order valence-corrected chi connectivity index (χ4v) is 0.393. The van der Waals surface area contributed by atoms with Gasteiger partial charge in [-0.25, -0.2) is 0 Å². The summed E-state index contributed by atoms with van der Waals surface area (Å²) in [5.74, 6) is 0.184. The molecule has 0 rings (SSSR count). The van der Waals surface area contributed by atoms with Crippen molar-refractivity contribution in [3.8, 4) is 12.3 Å². The summed E-state index contributed by atoms with van der Waals surface area (Å²) < 4.78 is 2.46. The molecule has 0 saturated carbocycles. The van der Waals surface area contributed by atoms with Gasteiger partial charge in [-0.15, -0.1) is 6.42 Å². The van der Waals surface area contributed by atoms with E-state index >= 15 is 0 Å². The average molecular weight is 539 g/mol. The van der Waals surface area contributed by atoms with Gasteiger partial charge in [0.1, 0.15) is 13.0 Å². The predicted molar refractivity (Wildman–Crippen MR) is 104 cm³/mol. The minimum absolute atomic E-state index is 0.0356. The molecule has 0 aromatic heterocycles. The second-order valence-electron chi connectivity index (χ2n) is 5.81. The van der Waals surface area contributed by atoms with E-state index in [0.29, 0.717) is 0 Å². The molecule has 0 radical (unpaired) electrons. The van der Waals surface area contributed by atoms with Gasteiger partial charge >= 0.3 is 17.9 Å². The van der Waals surface area contributed by atoms with Crippen molar-refractivity contribution >= 4 is 65.7 Å². The largest absolute Gasteiger partial charge is 0.480 e. The third-order valence-corrected chi connectivity index (χ3v) is 2.79. The number of terminal acetylenes is 1. The fraction of sp³-hybridized carbons (Fsp3) is 0.667. The molecule has 0 fully saturated rings. The third kappa shape index (κ3) is 19.5. The molecule has 9 heteroatoms. The molecule has 0 saturated heterocycles. The van der Waals surface area contributed by atoms with Crippen molar-refractivity contribution in [3.63, 3.8) is 0 Å². The molecule has 0 atom stereocenters. The highest BCUT2D eigenvalue weighted by Gasteiger charge is 2.24. The molecule has 6 nitrogen and oxygen atoms in total. The topological polar surface area (TPSA) is 101 Å². The maximum absolute atomic E-state index is 10.9. The summed E-state index contributed by atoms with van der Waals surface area (Å²) in [6, 6.07) is 0. The van der Waals surface area contributed by atoms with E-state index in [9.17, 15) is 14.4 Å². The van der Waals surface area contributed by atoms with Crippen molar-refractivity contribution in [2.24, 2.45) is 0 Å². The Balaban J connectivity index is -0.000000283. The van der Waals surface area contributed by atoms with Crippen LogP contribution in [0.25, 0.3) is 0 Å². The van der Waals surface area contributed by atoms with Crippen LogP contribution in [0.5, 0.6) is 0 Å². The molecule has 0 aromatic rings. The minimum atomic E-state index is -0.840. The maximum atomic E-state index is 10.9. The number of aliphatic carboxylic acids is 2. The van der Waals surface area contributed by atoms with Gasteiger partial charge in [0.2, 0.25) is 0 Å². The summed E-state index contributed by atoms with van der Waals surface area (Å²) in [7, 11) is 0. The third-order valence-electron chi connectivity index (χ3n) is 1.79. The number of hydrogen-bond donors (Lipinski definition) is 2. The zero-order chi connectivity index (χ0) is 20.4. The number of carbonyl (C=O) groups is 3. The van der Waals surface area contributed by atoms with Crippen LogP contribution in [0.15, 0.2) is 0 Å². The Labute approximate surface area is 168 Å². The highest BCUT2D eigenvalue weighted by Crippen LogP contribution is 2.17. The number of rotatable bonds is 4. The molecule has 140 valence electrons. The quantitative estimate of drug-likeness (QED) is 0.320. The van der Waals surface area contributed by atoms with E-state index in [1.54, 1.807) is 41.5 Å². The maximum Gasteiger partial charge on any atom is 0.323 e. The molecular weight excluding hydrogens is 516 g/mol. The Morgan fingerprint density at radius 3 is 1.25 bits per heavy atom. The summed E-state index contributed by atoms with van der Waals surface area (Å²) in [4.78, 5) is 30.8. The van der Waals surface area contributed by atoms with Crippen molar-refractivity contribution in [2.75, 3.05) is 6.61 Å². The summed E-state index contributed by atoms with van der Waals surface area (Å²) in [6.07, 6.45) is 4.88. The normalized spacial score (nSPS) is 10.8. The molecular formula is C15H23Br3O6. The zero-order valence-electron chi connectivity index (χ0n) is 14.4. The van der Waals surface area contributed by atoms with Crippen LogP contribution in [-0.4, -0.2) is 47.7 Å². The lowest BCUT2D eigenvalue weighted by molar-refractivity contribution is -0.144. The van der Waals surface area contributed by atoms with E-state index in [-0.39, 0.29) is 12.6 Å². The highest BCUT2D eigenvalue weighted by atomic mass is 79.9. The van der Waals surface area contributed by atoms with Crippen LogP contribution in [-0.2, 0) is 19.1 Å². The van der Waals surface area contributed by atoms with Gasteiger partial charge in [-0.2, -0.15) is 0 Å².